The van der Waals surface area contributed by atoms with E-state index in [0.717, 1.165) is 14.8 Å². The number of nitrogens with two attached hydrogens (primary N) is 1. The number of sulfonamides is 1. The molecule has 15 nitrogen and oxygen atoms in total. The van der Waals surface area contributed by atoms with Gasteiger partial charge in [0.1, 0.15) is 18.1 Å². The number of hydrogen-bond donors (Lipinski definition) is 4. The zero-order valence-corrected chi connectivity index (χ0v) is 29.4. The smallest absolute Gasteiger partial charge is 0.306 e. The van der Waals surface area contributed by atoms with Crippen LogP contribution in [0.2, 0.25) is 0 Å². The molecule has 2 amide bonds. The lowest BCUT2D eigenvalue weighted by molar-refractivity contribution is -0.144. The van der Waals surface area contributed by atoms with Crippen molar-refractivity contribution >= 4 is 56.6 Å². The molecule has 3 atom stereocenters. The second kappa shape index (κ2) is 18.6. The minimum Gasteiger partial charge on any atom is -0.481 e. The van der Waals surface area contributed by atoms with Gasteiger partial charge in [-0.1, -0.05) is 53.7 Å². The number of nitrogens with zero attached hydrogens (tertiary/aromatic N) is 2. The van der Waals surface area contributed by atoms with Crippen LogP contribution >= 0.6 is 11.8 Å². The number of benzene rings is 2. The van der Waals surface area contributed by atoms with Gasteiger partial charge in [0.15, 0.2) is 0 Å². The number of carbonyl (C=O) groups is 6. The average Bonchev–Trinajstić information content (AvgIpc) is 3.57. The van der Waals surface area contributed by atoms with Gasteiger partial charge in [-0.15, -0.1) is 0 Å². The molecule has 1 heterocycles. The maximum atomic E-state index is 14.4. The van der Waals surface area contributed by atoms with Gasteiger partial charge < -0.3 is 30.9 Å². The van der Waals surface area contributed by atoms with E-state index in [-0.39, 0.29) is 43.1 Å². The fraction of sp³-hybridized carbons (Fsp3) is 0.455. The van der Waals surface area contributed by atoms with Crippen molar-refractivity contribution in [2.24, 2.45) is 5.73 Å². The molecule has 2 aromatic carbocycles. The molecule has 1 aliphatic rings. The van der Waals surface area contributed by atoms with Crippen LogP contribution < -0.4 is 11.1 Å². The summed E-state index contributed by atoms with van der Waals surface area (Å²) < 4.78 is 34.1. The van der Waals surface area contributed by atoms with Gasteiger partial charge in [-0.3, -0.25) is 28.8 Å². The number of hydrogen-bond acceptors (Lipinski definition) is 11. The standard InChI is InChI=1S/C33H42N4O11S2/c1-21-9-11-24(12-10-21)50(46,47)37(20-23-7-4-3-6-22(23)19-34)27(13-14-28(38)39)32(44)36-16-5-8-26(36)31(43)35-25(18-29(40)41)33(45)49-17-15-30(42)48-2/h3-4,6-7,9-12,25-27H,5,8,13-20,34H2,1-2H3,(H,35,43)(H,38,39)(H,40,41)/t25-,26-,27-/m0/s1. The highest BCUT2D eigenvalue weighted by Gasteiger charge is 2.43. The number of likely N-dealkylation sites (tertiary alicyclic amines) is 1. The van der Waals surface area contributed by atoms with E-state index < -0.39 is 82.2 Å². The molecule has 1 fully saturated rings. The minimum atomic E-state index is -4.46. The van der Waals surface area contributed by atoms with Gasteiger partial charge in [-0.25, -0.2) is 8.42 Å². The van der Waals surface area contributed by atoms with Gasteiger partial charge in [0.2, 0.25) is 27.0 Å². The molecule has 0 aliphatic carbocycles. The fourth-order valence-electron chi connectivity index (χ4n) is 5.51. The normalized spacial score (nSPS) is 15.7. The first-order valence-electron chi connectivity index (χ1n) is 15.8. The van der Waals surface area contributed by atoms with Crippen molar-refractivity contribution in [1.29, 1.82) is 0 Å². The van der Waals surface area contributed by atoms with Crippen LogP contribution in [0.15, 0.2) is 53.4 Å². The topological polar surface area (TPSA) is 231 Å². The van der Waals surface area contributed by atoms with Crippen molar-refractivity contribution in [2.75, 3.05) is 19.4 Å². The Hall–Kier alpha value is -4.32. The predicted octanol–water partition coefficient (Wildman–Crippen LogP) is 1.65. The summed E-state index contributed by atoms with van der Waals surface area (Å²) in [6.07, 6.45) is -1.44. The van der Waals surface area contributed by atoms with Crippen LogP contribution in [0.4, 0.5) is 0 Å². The number of ether oxygens (including phenoxy) is 1. The van der Waals surface area contributed by atoms with E-state index in [9.17, 15) is 47.4 Å². The molecule has 17 heteroatoms. The molecule has 272 valence electrons. The minimum absolute atomic E-state index is 0.0176. The molecule has 2 aromatic rings. The van der Waals surface area contributed by atoms with E-state index in [1.165, 1.54) is 19.2 Å². The average molecular weight is 735 g/mol. The number of carbonyl (C=O) groups excluding carboxylic acids is 4. The highest BCUT2D eigenvalue weighted by atomic mass is 32.2. The third-order valence-corrected chi connectivity index (χ3v) is 11.0. The van der Waals surface area contributed by atoms with Crippen molar-refractivity contribution in [1.82, 2.24) is 14.5 Å². The maximum absolute atomic E-state index is 14.4. The molecule has 0 bridgehead atoms. The number of rotatable bonds is 18. The monoisotopic (exact) mass is 734 g/mol. The van der Waals surface area contributed by atoms with Crippen molar-refractivity contribution in [2.45, 2.75) is 81.6 Å². The number of methoxy groups -OCH3 is 1. The quantitative estimate of drug-likeness (QED) is 0.160. The van der Waals surface area contributed by atoms with Gasteiger partial charge in [0.05, 0.1) is 24.8 Å². The molecule has 0 saturated carbocycles. The first kappa shape index (κ1) is 40.1. The third kappa shape index (κ3) is 10.8. The highest BCUT2D eigenvalue weighted by molar-refractivity contribution is 8.13. The number of amides is 2. The number of carboxylic acid groups (broad SMARTS) is 2. The predicted molar refractivity (Wildman–Crippen MR) is 182 cm³/mol. The molecule has 50 heavy (non-hydrogen) atoms. The van der Waals surface area contributed by atoms with Gasteiger partial charge in [0, 0.05) is 31.8 Å². The molecular formula is C33H42N4O11S2. The molecular weight excluding hydrogens is 693 g/mol. The Morgan fingerprint density at radius 2 is 1.68 bits per heavy atom. The summed E-state index contributed by atoms with van der Waals surface area (Å²) in [5, 5.41) is 20.7. The Kier molecular flexibility index (Phi) is 14.9. The molecule has 3 rings (SSSR count). The van der Waals surface area contributed by atoms with Gasteiger partial charge >= 0.3 is 17.9 Å². The second-order valence-electron chi connectivity index (χ2n) is 11.6. The molecule has 1 aliphatic heterocycles. The Morgan fingerprint density at radius 1 is 1.02 bits per heavy atom. The number of esters is 1. The highest BCUT2D eigenvalue weighted by Crippen LogP contribution is 2.29. The first-order valence-corrected chi connectivity index (χ1v) is 18.2. The zero-order chi connectivity index (χ0) is 37.0. The summed E-state index contributed by atoms with van der Waals surface area (Å²) in [6, 6.07) is 8.48. The second-order valence-corrected chi connectivity index (χ2v) is 14.6. The van der Waals surface area contributed by atoms with Crippen LogP contribution in [0.3, 0.4) is 0 Å². The molecule has 1 saturated heterocycles. The van der Waals surface area contributed by atoms with E-state index in [0.29, 0.717) is 29.3 Å². The summed E-state index contributed by atoms with van der Waals surface area (Å²) in [7, 11) is -3.28. The van der Waals surface area contributed by atoms with Crippen molar-refractivity contribution in [3.05, 3.63) is 65.2 Å². The van der Waals surface area contributed by atoms with Crippen molar-refractivity contribution in [3.8, 4) is 0 Å². The lowest BCUT2D eigenvalue weighted by Gasteiger charge is -2.35. The number of carboxylic acids is 2. The molecule has 5 N–H and O–H groups in total. The molecule has 0 spiro atoms. The Labute approximate surface area is 294 Å². The van der Waals surface area contributed by atoms with E-state index in [2.05, 4.69) is 10.1 Å². The summed E-state index contributed by atoms with van der Waals surface area (Å²) in [6.45, 7) is 1.53. The van der Waals surface area contributed by atoms with Gasteiger partial charge in [-0.05, 0) is 49.4 Å². The number of aliphatic carboxylic acids is 2. The van der Waals surface area contributed by atoms with E-state index in [1.54, 1.807) is 43.3 Å². The summed E-state index contributed by atoms with van der Waals surface area (Å²) in [5.41, 5.74) is 7.83. The Balaban J connectivity index is 1.99. The molecule has 0 radical (unpaired) electrons. The largest absolute Gasteiger partial charge is 0.481 e. The van der Waals surface area contributed by atoms with E-state index >= 15 is 0 Å². The third-order valence-electron chi connectivity index (χ3n) is 8.15. The number of nitrogens with one attached hydrogen (secondary N) is 1. The van der Waals surface area contributed by atoms with Crippen LogP contribution in [0, 0.1) is 6.92 Å². The van der Waals surface area contributed by atoms with Crippen LogP contribution in [-0.4, -0.2) is 100 Å². The van der Waals surface area contributed by atoms with Crippen LogP contribution in [0.25, 0.3) is 0 Å². The molecule has 0 unspecified atom stereocenters. The van der Waals surface area contributed by atoms with Crippen LogP contribution in [-0.2, 0) is 56.6 Å². The van der Waals surface area contributed by atoms with Crippen LogP contribution in [0.1, 0.15) is 55.2 Å². The summed E-state index contributed by atoms with van der Waals surface area (Å²) in [5.74, 6) is -4.89. The van der Waals surface area contributed by atoms with Crippen LogP contribution in [0.5, 0.6) is 0 Å². The summed E-state index contributed by atoms with van der Waals surface area (Å²) in [4.78, 5) is 76.7. The maximum Gasteiger partial charge on any atom is 0.306 e. The van der Waals surface area contributed by atoms with Crippen molar-refractivity contribution in [3.63, 3.8) is 0 Å². The van der Waals surface area contributed by atoms with Crippen molar-refractivity contribution < 1.29 is 52.1 Å². The number of aryl methyl sites for hydroxylation is 1. The fourth-order valence-corrected chi connectivity index (χ4v) is 7.91. The SMILES string of the molecule is COC(=O)CCSC(=O)[C@H](CC(=O)O)NC(=O)[C@@H]1CCCN1C(=O)[C@H](CCC(=O)O)N(Cc1ccccc1CN)S(=O)(=O)c1ccc(C)cc1. The van der Waals surface area contributed by atoms with E-state index in [1.807, 2.05) is 0 Å². The number of thioether (sulfide) groups is 1. The van der Waals surface area contributed by atoms with Gasteiger partial charge in [0.25, 0.3) is 0 Å². The molecule has 0 aromatic heterocycles. The zero-order valence-electron chi connectivity index (χ0n) is 27.8. The summed E-state index contributed by atoms with van der Waals surface area (Å²) >= 11 is 0.649. The van der Waals surface area contributed by atoms with Gasteiger partial charge in [-0.2, -0.15) is 4.31 Å². The lowest BCUT2D eigenvalue weighted by Crippen LogP contribution is -2.56. The Morgan fingerprint density at radius 3 is 2.28 bits per heavy atom. The lowest BCUT2D eigenvalue weighted by atomic mass is 10.0. The van der Waals surface area contributed by atoms with E-state index in [4.69, 9.17) is 5.73 Å². The Bertz CT molecular complexity index is 1670. The first-order chi connectivity index (χ1) is 23.7.